The van der Waals surface area contributed by atoms with Crippen LogP contribution in [-0.4, -0.2) is 102 Å². The van der Waals surface area contributed by atoms with E-state index in [0.717, 1.165) is 52.4 Å². The lowest BCUT2D eigenvalue weighted by Crippen LogP contribution is -2.61. The van der Waals surface area contributed by atoms with Gasteiger partial charge in [-0.3, -0.25) is 4.79 Å². The van der Waals surface area contributed by atoms with Crippen LogP contribution in [0.3, 0.4) is 0 Å². The minimum atomic E-state index is -0.515. The molecular weight excluding hydrogens is 462 g/mol. The number of aryl methyl sites for hydroxylation is 1. The number of pyridine rings is 2. The van der Waals surface area contributed by atoms with Gasteiger partial charge in [0.25, 0.3) is 0 Å². The average Bonchev–Trinajstić information content (AvgIpc) is 3.50. The van der Waals surface area contributed by atoms with Crippen molar-refractivity contribution in [1.29, 1.82) is 0 Å². The summed E-state index contributed by atoms with van der Waals surface area (Å²) >= 11 is 0. The maximum atomic E-state index is 13.1. The number of anilines is 1. The molecule has 0 unspecified atom stereocenters. The van der Waals surface area contributed by atoms with Gasteiger partial charge in [-0.05, 0) is 57.1 Å². The number of piperazine rings is 1. The van der Waals surface area contributed by atoms with Crippen LogP contribution in [0.2, 0.25) is 0 Å². The molecule has 4 aromatic heterocycles. The molecule has 0 saturated carbocycles. The zero-order valence-corrected chi connectivity index (χ0v) is 23.3. The van der Waals surface area contributed by atoms with E-state index in [1.165, 1.54) is 11.1 Å². The molecule has 1 amide bonds. The second-order valence-corrected chi connectivity index (χ2v) is 11.2. The first-order chi connectivity index (χ1) is 17.5. The summed E-state index contributed by atoms with van der Waals surface area (Å²) in [5, 5.41) is 3.88. The van der Waals surface area contributed by atoms with Crippen LogP contribution in [0.1, 0.15) is 36.5 Å². The highest BCUT2D eigenvalue weighted by Gasteiger charge is 2.35. The molecule has 4 aromatic rings. The van der Waals surface area contributed by atoms with E-state index in [4.69, 9.17) is 4.98 Å². The Morgan fingerprint density at radius 1 is 1.11 bits per heavy atom. The fourth-order valence-corrected chi connectivity index (χ4v) is 5.20. The summed E-state index contributed by atoms with van der Waals surface area (Å²) in [5.41, 5.74) is 8.65. The Hall–Kier alpha value is -3.33. The molecule has 1 aliphatic heterocycles. The fraction of sp³-hybridized carbons (Fsp3) is 0.462. The number of hydrogen-bond donors (Lipinski definition) is 1. The van der Waals surface area contributed by atoms with Crippen LogP contribution >= 0.6 is 0 Å². The SMILES string of the molecule is BC(B)(C(=O)N1CCN(c2ccc3[nH]c(-c4cn5ncnc5c(C)c4C)c(C(C)C)c3n2)CC1)N(C)C. The predicted octanol–water partition coefficient (Wildman–Crippen LogP) is 1.14. The lowest BCUT2D eigenvalue weighted by atomic mass is 9.60. The minimum absolute atomic E-state index is 0.174. The highest BCUT2D eigenvalue weighted by molar-refractivity contribution is 6.50. The van der Waals surface area contributed by atoms with E-state index in [9.17, 15) is 4.79 Å². The van der Waals surface area contributed by atoms with Gasteiger partial charge < -0.3 is 19.7 Å². The smallest absolute Gasteiger partial charge is 0.226 e. The molecular formula is C26H36B2N8O. The molecule has 1 N–H and O–H groups in total. The minimum Gasteiger partial charge on any atom is -0.353 e. The van der Waals surface area contributed by atoms with Crippen LogP contribution in [0.5, 0.6) is 0 Å². The standard InChI is InChI=1S/C26H36B2N8O/c1-15(2)21-22(18-13-36-24(29-14-30-36)17(4)16(18)3)31-19-7-8-20(32-23(19)21)34-9-11-35(12-10-34)25(37)26(27,28)33(5)6/h7-8,13-15,31H,9-12,27-28H2,1-6H3. The van der Waals surface area contributed by atoms with Gasteiger partial charge in [-0.15, -0.1) is 0 Å². The summed E-state index contributed by atoms with van der Waals surface area (Å²) in [6.45, 7) is 11.6. The summed E-state index contributed by atoms with van der Waals surface area (Å²) in [5.74, 6) is 1.41. The van der Waals surface area contributed by atoms with Crippen LogP contribution in [0, 0.1) is 13.8 Å². The number of nitrogens with one attached hydrogen (secondary N) is 1. The largest absolute Gasteiger partial charge is 0.353 e. The van der Waals surface area contributed by atoms with Crippen LogP contribution in [0.4, 0.5) is 5.82 Å². The van der Waals surface area contributed by atoms with E-state index in [-0.39, 0.29) is 11.8 Å². The van der Waals surface area contributed by atoms with Crippen LogP contribution in [0.25, 0.3) is 27.9 Å². The van der Waals surface area contributed by atoms with Gasteiger partial charge in [0.15, 0.2) is 5.65 Å². The van der Waals surface area contributed by atoms with E-state index in [1.807, 2.05) is 44.1 Å². The monoisotopic (exact) mass is 498 g/mol. The Labute approximate surface area is 220 Å². The van der Waals surface area contributed by atoms with E-state index >= 15 is 0 Å². The summed E-state index contributed by atoms with van der Waals surface area (Å²) in [7, 11) is 7.88. The molecule has 0 bridgehead atoms. The number of nitrogens with zero attached hydrogens (tertiary/aromatic N) is 7. The van der Waals surface area contributed by atoms with Crippen molar-refractivity contribution in [3.05, 3.63) is 41.3 Å². The van der Waals surface area contributed by atoms with E-state index in [2.05, 4.69) is 66.0 Å². The van der Waals surface area contributed by atoms with Crippen molar-refractivity contribution in [3.8, 4) is 11.3 Å². The maximum absolute atomic E-state index is 13.1. The fourth-order valence-electron chi connectivity index (χ4n) is 5.20. The number of amides is 1. The summed E-state index contributed by atoms with van der Waals surface area (Å²) in [6.07, 6.45) is 3.66. The molecule has 0 radical (unpaired) electrons. The van der Waals surface area contributed by atoms with Crippen molar-refractivity contribution >= 4 is 44.1 Å². The van der Waals surface area contributed by atoms with Crippen molar-refractivity contribution in [1.82, 2.24) is 34.4 Å². The molecule has 5 heterocycles. The molecule has 11 heteroatoms. The van der Waals surface area contributed by atoms with E-state index in [0.29, 0.717) is 13.1 Å². The molecule has 5 rings (SSSR count). The van der Waals surface area contributed by atoms with E-state index in [1.54, 1.807) is 6.33 Å². The summed E-state index contributed by atoms with van der Waals surface area (Å²) in [4.78, 5) is 32.6. The normalized spacial score (nSPS) is 15.0. The van der Waals surface area contributed by atoms with Gasteiger partial charge in [0.2, 0.25) is 5.91 Å². The van der Waals surface area contributed by atoms with Gasteiger partial charge in [-0.25, -0.2) is 14.5 Å². The highest BCUT2D eigenvalue weighted by atomic mass is 16.2. The molecule has 37 heavy (non-hydrogen) atoms. The van der Waals surface area contributed by atoms with Crippen molar-refractivity contribution in [3.63, 3.8) is 0 Å². The van der Waals surface area contributed by atoms with Crippen molar-refractivity contribution in [2.45, 2.75) is 39.0 Å². The first-order valence-corrected chi connectivity index (χ1v) is 13.0. The molecule has 1 saturated heterocycles. The maximum Gasteiger partial charge on any atom is 0.226 e. The summed E-state index contributed by atoms with van der Waals surface area (Å²) < 4.78 is 1.85. The van der Waals surface area contributed by atoms with Crippen molar-refractivity contribution in [2.75, 3.05) is 45.2 Å². The number of rotatable bonds is 5. The molecule has 0 aliphatic carbocycles. The van der Waals surface area contributed by atoms with Crippen LogP contribution < -0.4 is 4.90 Å². The average molecular weight is 498 g/mol. The van der Waals surface area contributed by atoms with Crippen LogP contribution in [-0.2, 0) is 4.79 Å². The molecule has 0 atom stereocenters. The number of carbonyl (C=O) groups excluding carboxylic acids is 1. The van der Waals surface area contributed by atoms with Gasteiger partial charge in [-0.1, -0.05) is 13.8 Å². The summed E-state index contributed by atoms with van der Waals surface area (Å²) in [6, 6.07) is 4.22. The molecule has 9 nitrogen and oxygen atoms in total. The number of H-pyrrole nitrogens is 1. The third-order valence-corrected chi connectivity index (χ3v) is 8.17. The number of aromatic nitrogens is 5. The Kier molecular flexibility index (Phi) is 6.30. The number of fused-ring (bicyclic) bond motifs is 2. The Morgan fingerprint density at radius 2 is 1.81 bits per heavy atom. The third-order valence-electron chi connectivity index (χ3n) is 8.17. The molecule has 0 spiro atoms. The molecule has 0 aromatic carbocycles. The van der Waals surface area contributed by atoms with E-state index < -0.39 is 5.34 Å². The quantitative estimate of drug-likeness (QED) is 0.416. The lowest BCUT2D eigenvalue weighted by molar-refractivity contribution is -0.135. The number of hydrogen-bond acceptors (Lipinski definition) is 6. The van der Waals surface area contributed by atoms with Crippen molar-refractivity contribution in [2.24, 2.45) is 0 Å². The zero-order valence-electron chi connectivity index (χ0n) is 23.3. The zero-order chi connectivity index (χ0) is 26.6. The molecule has 1 aliphatic rings. The topological polar surface area (TPSA) is 85.7 Å². The second-order valence-electron chi connectivity index (χ2n) is 11.2. The highest BCUT2D eigenvalue weighted by Crippen LogP contribution is 2.38. The van der Waals surface area contributed by atoms with Crippen molar-refractivity contribution < 1.29 is 4.79 Å². The first-order valence-electron chi connectivity index (χ1n) is 13.0. The van der Waals surface area contributed by atoms with Gasteiger partial charge >= 0.3 is 0 Å². The Morgan fingerprint density at radius 3 is 2.46 bits per heavy atom. The van der Waals surface area contributed by atoms with Gasteiger partial charge in [0.1, 0.15) is 27.8 Å². The number of likely N-dealkylation sites (N-methyl/N-ethyl adjacent to an activating group) is 1. The first kappa shape index (κ1) is 25.3. The number of aromatic amines is 1. The second kappa shape index (κ2) is 9.20. The third kappa shape index (κ3) is 4.19. The number of carbonyl (C=O) groups is 1. The predicted molar refractivity (Wildman–Crippen MR) is 154 cm³/mol. The van der Waals surface area contributed by atoms with Gasteiger partial charge in [-0.2, -0.15) is 5.10 Å². The lowest BCUT2D eigenvalue weighted by Gasteiger charge is -2.41. The Bertz CT molecular complexity index is 1480. The molecule has 1 fully saturated rings. The molecule has 192 valence electrons. The van der Waals surface area contributed by atoms with Gasteiger partial charge in [0, 0.05) is 48.8 Å². The van der Waals surface area contributed by atoms with Crippen LogP contribution in [0.15, 0.2) is 24.7 Å². The Balaban J connectivity index is 1.48. The van der Waals surface area contributed by atoms with Gasteiger partial charge in [0.05, 0.1) is 16.7 Å².